The van der Waals surface area contributed by atoms with Crippen LogP contribution in [0, 0.1) is 0 Å². The quantitative estimate of drug-likeness (QED) is 0.781. The zero-order valence-corrected chi connectivity index (χ0v) is 12.1. The number of carbonyl (C=O) groups is 2. The van der Waals surface area contributed by atoms with Gasteiger partial charge in [0.25, 0.3) is 0 Å². The summed E-state index contributed by atoms with van der Waals surface area (Å²) in [5, 5.41) is 0. The lowest BCUT2D eigenvalue weighted by Crippen LogP contribution is -2.51. The van der Waals surface area contributed by atoms with E-state index >= 15 is 0 Å². The maximum Gasteiger partial charge on any atom is 0.241 e. The van der Waals surface area contributed by atoms with Crippen molar-refractivity contribution in [3.8, 4) is 0 Å². The van der Waals surface area contributed by atoms with Gasteiger partial charge in [0.1, 0.15) is 0 Å². The molecule has 0 radical (unpaired) electrons. The fourth-order valence-corrected chi connectivity index (χ4v) is 2.71. The van der Waals surface area contributed by atoms with Crippen LogP contribution in [0.1, 0.15) is 5.56 Å². The zero-order valence-electron chi connectivity index (χ0n) is 11.3. The van der Waals surface area contributed by atoms with Crippen LogP contribution in [0.4, 0.5) is 0 Å². The van der Waals surface area contributed by atoms with Crippen molar-refractivity contribution < 1.29 is 9.59 Å². The van der Waals surface area contributed by atoms with Gasteiger partial charge >= 0.3 is 0 Å². The smallest absolute Gasteiger partial charge is 0.241 e. The number of piperazine rings is 1. The fraction of sp³-hybridized carbons (Fsp3) is 0.429. The highest BCUT2D eigenvalue weighted by Crippen LogP contribution is 2.21. The summed E-state index contributed by atoms with van der Waals surface area (Å²) in [6.45, 7) is 1.45. The Morgan fingerprint density at radius 3 is 2.74 bits per heavy atom. The van der Waals surface area contributed by atoms with Gasteiger partial charge in [-0.3, -0.25) is 9.59 Å². The molecule has 1 aromatic carbocycles. The second-order valence-corrected chi connectivity index (χ2v) is 5.47. The second kappa shape index (κ2) is 6.10. The molecule has 1 aliphatic heterocycles. The minimum atomic E-state index is 0.0118. The summed E-state index contributed by atoms with van der Waals surface area (Å²) in [6.07, 6.45) is 2.37. The first kappa shape index (κ1) is 13.9. The van der Waals surface area contributed by atoms with Crippen molar-refractivity contribution in [2.45, 2.75) is 11.3 Å². The van der Waals surface area contributed by atoms with E-state index in [-0.39, 0.29) is 18.4 Å². The lowest BCUT2D eigenvalue weighted by molar-refractivity contribution is -0.143. The number of hydrogen-bond acceptors (Lipinski definition) is 3. The molecule has 0 bridgehead atoms. The van der Waals surface area contributed by atoms with Crippen LogP contribution in [0.2, 0.25) is 0 Å². The molecule has 1 heterocycles. The van der Waals surface area contributed by atoms with Gasteiger partial charge in [-0.05, 0) is 17.9 Å². The van der Waals surface area contributed by atoms with E-state index in [1.807, 2.05) is 30.5 Å². The molecule has 1 aromatic rings. The summed E-state index contributed by atoms with van der Waals surface area (Å²) < 4.78 is 0. The minimum absolute atomic E-state index is 0.0118. The third-order valence-corrected chi connectivity index (χ3v) is 4.18. The largest absolute Gasteiger partial charge is 0.342 e. The molecule has 0 atom stereocenters. The highest BCUT2D eigenvalue weighted by molar-refractivity contribution is 7.98. The highest BCUT2D eigenvalue weighted by atomic mass is 32.2. The van der Waals surface area contributed by atoms with Gasteiger partial charge in [-0.25, -0.2) is 0 Å². The zero-order chi connectivity index (χ0) is 13.8. The molecule has 1 fully saturated rings. The standard InChI is InChI=1S/C14H18N2O2S/c1-15-7-8-16(10-14(15)18)13(17)9-11-5-3-4-6-12(11)19-2/h3-6H,7-10H2,1-2H3. The van der Waals surface area contributed by atoms with Crippen molar-refractivity contribution in [2.24, 2.45) is 0 Å². The summed E-state index contributed by atoms with van der Waals surface area (Å²) in [5.74, 6) is 0.0423. The van der Waals surface area contributed by atoms with Gasteiger partial charge < -0.3 is 9.80 Å². The van der Waals surface area contributed by atoms with E-state index < -0.39 is 0 Å². The normalized spacial score (nSPS) is 15.8. The molecule has 0 N–H and O–H groups in total. The monoisotopic (exact) mass is 278 g/mol. The summed E-state index contributed by atoms with van der Waals surface area (Å²) in [4.78, 5) is 28.3. The van der Waals surface area contributed by atoms with Gasteiger partial charge in [-0.2, -0.15) is 0 Å². The third-order valence-electron chi connectivity index (χ3n) is 3.34. The fourth-order valence-electron chi connectivity index (χ4n) is 2.10. The molecule has 102 valence electrons. The van der Waals surface area contributed by atoms with Gasteiger partial charge in [0.2, 0.25) is 11.8 Å². The van der Waals surface area contributed by atoms with E-state index in [4.69, 9.17) is 0 Å². The van der Waals surface area contributed by atoms with E-state index in [2.05, 4.69) is 0 Å². The van der Waals surface area contributed by atoms with E-state index in [9.17, 15) is 9.59 Å². The first-order chi connectivity index (χ1) is 9.11. The van der Waals surface area contributed by atoms with E-state index in [0.29, 0.717) is 19.5 Å². The van der Waals surface area contributed by atoms with Crippen LogP contribution in [0.5, 0.6) is 0 Å². The Labute approximate surface area is 117 Å². The van der Waals surface area contributed by atoms with Crippen molar-refractivity contribution in [2.75, 3.05) is 32.9 Å². The first-order valence-corrected chi connectivity index (χ1v) is 7.48. The Hall–Kier alpha value is -1.49. The SMILES string of the molecule is CSc1ccccc1CC(=O)N1CCN(C)C(=O)C1. The summed E-state index contributed by atoms with van der Waals surface area (Å²) in [6, 6.07) is 7.90. The number of nitrogens with zero attached hydrogens (tertiary/aromatic N) is 2. The topological polar surface area (TPSA) is 40.6 Å². The van der Waals surface area contributed by atoms with Crippen LogP contribution in [-0.4, -0.2) is 54.6 Å². The van der Waals surface area contributed by atoms with Gasteiger partial charge in [0.05, 0.1) is 13.0 Å². The lowest BCUT2D eigenvalue weighted by atomic mass is 10.1. The van der Waals surface area contributed by atoms with Gasteiger partial charge in [0.15, 0.2) is 0 Å². The molecule has 1 aliphatic rings. The summed E-state index contributed by atoms with van der Waals surface area (Å²) >= 11 is 1.64. The van der Waals surface area contributed by atoms with Gasteiger partial charge in [-0.15, -0.1) is 11.8 Å². The lowest BCUT2D eigenvalue weighted by Gasteiger charge is -2.32. The number of amides is 2. The predicted octanol–water partition coefficient (Wildman–Crippen LogP) is 1.25. The summed E-state index contributed by atoms with van der Waals surface area (Å²) in [7, 11) is 1.77. The van der Waals surface area contributed by atoms with Crippen LogP contribution in [0.25, 0.3) is 0 Å². The molecule has 0 aromatic heterocycles. The molecular weight excluding hydrogens is 260 g/mol. The molecular formula is C14H18N2O2S. The number of likely N-dealkylation sites (N-methyl/N-ethyl adjacent to an activating group) is 1. The average molecular weight is 278 g/mol. The highest BCUT2D eigenvalue weighted by Gasteiger charge is 2.24. The molecule has 2 rings (SSSR count). The van der Waals surface area contributed by atoms with Crippen molar-refractivity contribution in [3.05, 3.63) is 29.8 Å². The number of benzene rings is 1. The van der Waals surface area contributed by atoms with Gasteiger partial charge in [0, 0.05) is 25.0 Å². The van der Waals surface area contributed by atoms with Crippen molar-refractivity contribution >= 4 is 23.6 Å². The first-order valence-electron chi connectivity index (χ1n) is 6.25. The van der Waals surface area contributed by atoms with Crippen LogP contribution >= 0.6 is 11.8 Å². The Balaban J connectivity index is 2.03. The number of carbonyl (C=O) groups excluding carboxylic acids is 2. The minimum Gasteiger partial charge on any atom is -0.342 e. The Morgan fingerprint density at radius 1 is 1.32 bits per heavy atom. The molecule has 1 saturated heterocycles. The molecule has 0 saturated carbocycles. The Kier molecular flexibility index (Phi) is 4.47. The van der Waals surface area contributed by atoms with Crippen molar-refractivity contribution in [3.63, 3.8) is 0 Å². The number of rotatable bonds is 3. The van der Waals surface area contributed by atoms with Gasteiger partial charge in [-0.1, -0.05) is 18.2 Å². The maximum absolute atomic E-state index is 12.2. The predicted molar refractivity (Wildman–Crippen MR) is 76.1 cm³/mol. The van der Waals surface area contributed by atoms with Crippen LogP contribution in [0.15, 0.2) is 29.2 Å². The molecule has 0 spiro atoms. The number of hydrogen-bond donors (Lipinski definition) is 0. The molecule has 2 amide bonds. The van der Waals surface area contributed by atoms with Crippen LogP contribution in [-0.2, 0) is 16.0 Å². The molecule has 0 aliphatic carbocycles. The molecule has 4 nitrogen and oxygen atoms in total. The molecule has 0 unspecified atom stereocenters. The van der Waals surface area contributed by atoms with Crippen LogP contribution < -0.4 is 0 Å². The molecule has 5 heteroatoms. The second-order valence-electron chi connectivity index (χ2n) is 4.62. The van der Waals surface area contributed by atoms with E-state index in [0.717, 1.165) is 10.5 Å². The Morgan fingerprint density at radius 2 is 2.05 bits per heavy atom. The van der Waals surface area contributed by atoms with Crippen molar-refractivity contribution in [1.29, 1.82) is 0 Å². The summed E-state index contributed by atoms with van der Waals surface area (Å²) in [5.41, 5.74) is 1.03. The van der Waals surface area contributed by atoms with E-state index in [1.165, 1.54) is 0 Å². The number of thioether (sulfide) groups is 1. The maximum atomic E-state index is 12.2. The van der Waals surface area contributed by atoms with Crippen LogP contribution in [0.3, 0.4) is 0 Å². The van der Waals surface area contributed by atoms with E-state index in [1.54, 1.807) is 28.6 Å². The van der Waals surface area contributed by atoms with Crippen molar-refractivity contribution in [1.82, 2.24) is 9.80 Å². The average Bonchev–Trinajstić information content (AvgIpc) is 2.42. The molecule has 19 heavy (non-hydrogen) atoms. The Bertz CT molecular complexity index is 490. The third kappa shape index (κ3) is 3.29.